The molecule has 1 heteroatoms. The van der Waals surface area contributed by atoms with Crippen molar-refractivity contribution >= 4 is 0 Å². The molecule has 1 aliphatic heterocycles. The summed E-state index contributed by atoms with van der Waals surface area (Å²) in [6, 6.07) is 0. The summed E-state index contributed by atoms with van der Waals surface area (Å²) in [5.74, 6) is 0.801. The van der Waals surface area contributed by atoms with Crippen molar-refractivity contribution in [2.75, 3.05) is 6.61 Å². The van der Waals surface area contributed by atoms with Gasteiger partial charge in [0.1, 0.15) is 0 Å². The molecule has 1 rings (SSSR count). The number of hydrogen-bond donors (Lipinski definition) is 0. The maximum absolute atomic E-state index is 5.27. The molecule has 7 heavy (non-hydrogen) atoms. The molecule has 0 amide bonds. The van der Waals surface area contributed by atoms with Crippen molar-refractivity contribution in [2.45, 2.75) is 26.4 Å². The molecule has 0 N–H and O–H groups in total. The Kier molecular flexibility index (Phi) is 1.33. The normalized spacial score (nSPS) is 42.0. The Morgan fingerprint density at radius 1 is 1.43 bits per heavy atom. The molecule has 0 bridgehead atoms. The summed E-state index contributed by atoms with van der Waals surface area (Å²) in [6.07, 6.45) is 1.77. The van der Waals surface area contributed by atoms with E-state index >= 15 is 0 Å². The van der Waals surface area contributed by atoms with Gasteiger partial charge in [-0.25, -0.2) is 0 Å². The Balaban J connectivity index is 2.26. The average Bonchev–Trinajstić information content (AvgIpc) is 1.87. The van der Waals surface area contributed by atoms with Gasteiger partial charge in [-0.15, -0.1) is 0 Å². The quantitative estimate of drug-likeness (QED) is 0.447. The molecule has 0 spiro atoms. The zero-order chi connectivity index (χ0) is 5.28. The highest BCUT2D eigenvalue weighted by Crippen LogP contribution is 2.16. The summed E-state index contributed by atoms with van der Waals surface area (Å²) in [6.45, 7) is 5.33. The van der Waals surface area contributed by atoms with Gasteiger partial charge in [0.15, 0.2) is 0 Å². The third-order valence-electron chi connectivity index (χ3n) is 1.40. The summed E-state index contributed by atoms with van der Waals surface area (Å²) in [5.41, 5.74) is 0. The monoisotopic (exact) mass is 100 g/mol. The Labute approximate surface area is 44.7 Å². The van der Waals surface area contributed by atoms with Crippen LogP contribution in [0.3, 0.4) is 0 Å². The van der Waals surface area contributed by atoms with E-state index in [0.29, 0.717) is 6.10 Å². The number of rotatable bonds is 0. The highest BCUT2D eigenvalue weighted by Gasteiger charge is 2.16. The van der Waals surface area contributed by atoms with Crippen LogP contribution >= 0.6 is 0 Å². The molecule has 0 unspecified atom stereocenters. The predicted octanol–water partition coefficient (Wildman–Crippen LogP) is 1.43. The van der Waals surface area contributed by atoms with Crippen LogP contribution in [-0.2, 0) is 4.74 Å². The Hall–Kier alpha value is -0.0400. The number of hydrogen-bond acceptors (Lipinski definition) is 1. The topological polar surface area (TPSA) is 9.23 Å². The molecule has 1 saturated heterocycles. The second kappa shape index (κ2) is 1.83. The zero-order valence-electron chi connectivity index (χ0n) is 4.98. The fourth-order valence-electron chi connectivity index (χ4n) is 1.03. The minimum Gasteiger partial charge on any atom is -0.378 e. The molecule has 1 fully saturated rings. The van der Waals surface area contributed by atoms with Gasteiger partial charge in [-0.05, 0) is 19.3 Å². The van der Waals surface area contributed by atoms with Gasteiger partial charge < -0.3 is 4.74 Å². The summed E-state index contributed by atoms with van der Waals surface area (Å²) >= 11 is 0. The van der Waals surface area contributed by atoms with E-state index in [2.05, 4.69) is 13.8 Å². The van der Waals surface area contributed by atoms with E-state index in [1.54, 1.807) is 0 Å². The van der Waals surface area contributed by atoms with Crippen LogP contribution in [0, 0.1) is 5.92 Å². The van der Waals surface area contributed by atoms with Crippen molar-refractivity contribution in [2.24, 2.45) is 5.92 Å². The SMILES string of the molecule is C[C@@H]1CO[C@@H](C)C1. The molecule has 0 aromatic heterocycles. The zero-order valence-corrected chi connectivity index (χ0v) is 4.98. The smallest absolute Gasteiger partial charge is 0.0550 e. The van der Waals surface area contributed by atoms with Crippen molar-refractivity contribution in [1.29, 1.82) is 0 Å². The van der Waals surface area contributed by atoms with Gasteiger partial charge in [0.2, 0.25) is 0 Å². The van der Waals surface area contributed by atoms with Crippen molar-refractivity contribution in [3.63, 3.8) is 0 Å². The van der Waals surface area contributed by atoms with Gasteiger partial charge in [0.25, 0.3) is 0 Å². The van der Waals surface area contributed by atoms with E-state index in [1.165, 1.54) is 6.42 Å². The van der Waals surface area contributed by atoms with Crippen LogP contribution in [0.5, 0.6) is 0 Å². The first kappa shape index (κ1) is 5.10. The van der Waals surface area contributed by atoms with Gasteiger partial charge in [-0.2, -0.15) is 0 Å². The molecule has 0 radical (unpaired) electrons. The van der Waals surface area contributed by atoms with Gasteiger partial charge in [0.05, 0.1) is 6.10 Å². The molecule has 0 aromatic carbocycles. The van der Waals surface area contributed by atoms with Gasteiger partial charge >= 0.3 is 0 Å². The molecule has 42 valence electrons. The van der Waals surface area contributed by atoms with Crippen LogP contribution in [0.15, 0.2) is 0 Å². The van der Waals surface area contributed by atoms with Gasteiger partial charge in [0, 0.05) is 6.61 Å². The van der Waals surface area contributed by atoms with Crippen LogP contribution in [0.4, 0.5) is 0 Å². The first-order valence-electron chi connectivity index (χ1n) is 2.90. The molecule has 0 aliphatic carbocycles. The maximum atomic E-state index is 5.27. The summed E-state index contributed by atoms with van der Waals surface area (Å²) in [7, 11) is 0. The summed E-state index contributed by atoms with van der Waals surface area (Å²) < 4.78 is 5.27. The molecule has 1 heterocycles. The van der Waals surface area contributed by atoms with Crippen molar-refractivity contribution in [1.82, 2.24) is 0 Å². The van der Waals surface area contributed by atoms with E-state index in [0.717, 1.165) is 12.5 Å². The lowest BCUT2D eigenvalue weighted by atomic mass is 10.1. The third-order valence-corrected chi connectivity index (χ3v) is 1.40. The summed E-state index contributed by atoms with van der Waals surface area (Å²) in [4.78, 5) is 0. The van der Waals surface area contributed by atoms with E-state index in [4.69, 9.17) is 4.74 Å². The van der Waals surface area contributed by atoms with Crippen LogP contribution < -0.4 is 0 Å². The lowest BCUT2D eigenvalue weighted by molar-refractivity contribution is 0.121. The predicted molar refractivity (Wildman–Crippen MR) is 29.2 cm³/mol. The van der Waals surface area contributed by atoms with E-state index < -0.39 is 0 Å². The minimum absolute atomic E-state index is 0.523. The highest BCUT2D eigenvalue weighted by atomic mass is 16.5. The van der Waals surface area contributed by atoms with Crippen molar-refractivity contribution in [3.8, 4) is 0 Å². The second-order valence-electron chi connectivity index (χ2n) is 2.48. The van der Waals surface area contributed by atoms with E-state index in [1.807, 2.05) is 0 Å². The number of ether oxygens (including phenoxy) is 1. The molecule has 2 atom stereocenters. The molecular formula is C6H12O. The molecule has 0 saturated carbocycles. The molecule has 1 aliphatic rings. The molecule has 1 nitrogen and oxygen atoms in total. The fraction of sp³-hybridized carbons (Fsp3) is 1.00. The van der Waals surface area contributed by atoms with E-state index in [9.17, 15) is 0 Å². The molecular weight excluding hydrogens is 88.1 g/mol. The first-order valence-corrected chi connectivity index (χ1v) is 2.90. The minimum atomic E-state index is 0.523. The lowest BCUT2D eigenvalue weighted by Crippen LogP contribution is -1.94. The first-order chi connectivity index (χ1) is 3.29. The van der Waals surface area contributed by atoms with Crippen LogP contribution in [0.25, 0.3) is 0 Å². The van der Waals surface area contributed by atoms with Crippen molar-refractivity contribution < 1.29 is 4.74 Å². The Morgan fingerprint density at radius 3 is 2.29 bits per heavy atom. The second-order valence-corrected chi connectivity index (χ2v) is 2.48. The fourth-order valence-corrected chi connectivity index (χ4v) is 1.03. The maximum Gasteiger partial charge on any atom is 0.0550 e. The van der Waals surface area contributed by atoms with Gasteiger partial charge in [-0.1, -0.05) is 6.92 Å². The van der Waals surface area contributed by atoms with Crippen molar-refractivity contribution in [3.05, 3.63) is 0 Å². The average molecular weight is 100 g/mol. The Morgan fingerprint density at radius 2 is 2.14 bits per heavy atom. The van der Waals surface area contributed by atoms with Crippen LogP contribution in [0.2, 0.25) is 0 Å². The standard InChI is InChI=1S/C6H12O/c1-5-3-6(2)7-4-5/h5-6H,3-4H2,1-2H3/t5-,6-/m0/s1. The lowest BCUT2D eigenvalue weighted by Gasteiger charge is -1.94. The Bertz CT molecular complexity index is 53.2. The summed E-state index contributed by atoms with van der Waals surface area (Å²) in [5, 5.41) is 0. The van der Waals surface area contributed by atoms with Gasteiger partial charge in [-0.3, -0.25) is 0 Å². The van der Waals surface area contributed by atoms with Crippen LogP contribution in [-0.4, -0.2) is 12.7 Å². The largest absolute Gasteiger partial charge is 0.378 e. The molecule has 0 aromatic rings. The van der Waals surface area contributed by atoms with Crippen LogP contribution in [0.1, 0.15) is 20.3 Å². The van der Waals surface area contributed by atoms with E-state index in [-0.39, 0.29) is 0 Å². The third kappa shape index (κ3) is 1.16. The highest BCUT2D eigenvalue weighted by molar-refractivity contribution is 4.64.